The summed E-state index contributed by atoms with van der Waals surface area (Å²) >= 11 is 0. The number of halogens is 2. The molecule has 0 aliphatic rings. The molecule has 0 amide bonds. The third-order valence-corrected chi connectivity index (χ3v) is 3.32. The van der Waals surface area contributed by atoms with E-state index in [1.54, 1.807) is 0 Å². The molecule has 0 rings (SSSR count). The van der Waals surface area contributed by atoms with E-state index in [0.717, 1.165) is 0 Å². The zero-order valence-electron chi connectivity index (χ0n) is 5.02. The van der Waals surface area contributed by atoms with Gasteiger partial charge in [-0.2, -0.15) is 0 Å². The molecule has 11 heavy (non-hydrogen) atoms. The molecule has 0 aliphatic carbocycles. The summed E-state index contributed by atoms with van der Waals surface area (Å²) < 4.78 is 19.7. The first-order valence-corrected chi connectivity index (χ1v) is 5.39. The zero-order valence-corrected chi connectivity index (χ0v) is 8.45. The smallest absolute Gasteiger partial charge is 0.324 e. The van der Waals surface area contributed by atoms with Crippen molar-refractivity contribution in [1.82, 2.24) is 0 Å². The van der Waals surface area contributed by atoms with Gasteiger partial charge in [0.25, 0.3) is 0 Å². The van der Waals surface area contributed by atoms with Gasteiger partial charge in [-0.15, -0.1) is 24.8 Å². The van der Waals surface area contributed by atoms with Crippen molar-refractivity contribution >= 4 is 40.0 Å². The van der Waals surface area contributed by atoms with Gasteiger partial charge in [0.05, 0.1) is 0 Å². The molecule has 72 valence electrons. The second-order valence-corrected chi connectivity index (χ2v) is 5.26. The van der Waals surface area contributed by atoms with Gasteiger partial charge < -0.3 is 19.6 Å². The summed E-state index contributed by atoms with van der Waals surface area (Å²) in [7, 11) is -9.10. The van der Waals surface area contributed by atoms with Crippen molar-refractivity contribution in [3.05, 3.63) is 0 Å². The van der Waals surface area contributed by atoms with Gasteiger partial charge in [0.15, 0.2) is 5.90 Å². The van der Waals surface area contributed by atoms with Crippen molar-refractivity contribution in [2.24, 2.45) is 0 Å². The number of hydrogen-bond donors (Lipinski definition) is 4. The average molecular weight is 249 g/mol. The predicted molar refractivity (Wildman–Crippen MR) is 43.5 cm³/mol. The summed E-state index contributed by atoms with van der Waals surface area (Å²) in [6, 6.07) is 0. The topological polar surface area (TPSA) is 115 Å². The molecule has 0 saturated carbocycles. The van der Waals surface area contributed by atoms with Crippen molar-refractivity contribution in [2.45, 2.75) is 0 Å². The molecule has 0 unspecified atom stereocenters. The van der Waals surface area contributed by atoms with E-state index in [2.05, 4.69) is 0 Å². The van der Waals surface area contributed by atoms with Crippen LogP contribution in [0.1, 0.15) is 0 Å². The van der Waals surface area contributed by atoms with Crippen LogP contribution in [0.3, 0.4) is 0 Å². The summed E-state index contributed by atoms with van der Waals surface area (Å²) in [5.41, 5.74) is 0. The molecule has 0 spiro atoms. The molecule has 0 aliphatic heterocycles. The highest BCUT2D eigenvalue weighted by Crippen LogP contribution is 2.51. The predicted octanol–water partition coefficient (Wildman–Crippen LogP) is 0.143. The van der Waals surface area contributed by atoms with Crippen molar-refractivity contribution in [2.75, 3.05) is 5.90 Å². The summed E-state index contributed by atoms with van der Waals surface area (Å²) in [6.45, 7) is 0. The molecular formula is CH8Cl2O6P2. The third kappa shape index (κ3) is 18.1. The fourth-order valence-corrected chi connectivity index (χ4v) is 2.16. The lowest BCUT2D eigenvalue weighted by atomic mass is 11.9. The van der Waals surface area contributed by atoms with Crippen LogP contribution in [-0.2, 0) is 9.13 Å². The Bertz CT molecular complexity index is 159. The summed E-state index contributed by atoms with van der Waals surface area (Å²) in [4.78, 5) is 31.9. The molecule has 6 nitrogen and oxygen atoms in total. The van der Waals surface area contributed by atoms with Crippen molar-refractivity contribution in [3.8, 4) is 0 Å². The SMILES string of the molecule is Cl.Cl.O=P(O)(O)CP(=O)(O)O. The Kier molecular flexibility index (Phi) is 8.94. The molecule has 0 aromatic rings. The van der Waals surface area contributed by atoms with Crippen LogP contribution < -0.4 is 0 Å². The Morgan fingerprint density at radius 3 is 1.00 bits per heavy atom. The van der Waals surface area contributed by atoms with Gasteiger partial charge in [-0.25, -0.2) is 0 Å². The van der Waals surface area contributed by atoms with E-state index >= 15 is 0 Å². The largest absolute Gasteiger partial charge is 0.337 e. The monoisotopic (exact) mass is 248 g/mol. The lowest BCUT2D eigenvalue weighted by Crippen LogP contribution is -1.88. The molecule has 0 bridgehead atoms. The standard InChI is InChI=1S/CH6O6P2.2ClH/c2-8(3,4)1-9(5,6)7;;/h1H2,(H2,2,3,4)(H2,5,6,7);2*1H. The molecule has 0 radical (unpaired) electrons. The minimum atomic E-state index is -4.55. The second-order valence-electron chi connectivity index (χ2n) is 1.47. The highest BCUT2D eigenvalue weighted by molar-refractivity contribution is 7.69. The van der Waals surface area contributed by atoms with Crippen LogP contribution in [0.5, 0.6) is 0 Å². The third-order valence-electron chi connectivity index (χ3n) is 0.368. The van der Waals surface area contributed by atoms with Crippen LogP contribution in [0.2, 0.25) is 0 Å². The first kappa shape index (κ1) is 17.8. The minimum Gasteiger partial charge on any atom is -0.324 e. The Morgan fingerprint density at radius 2 is 1.00 bits per heavy atom. The van der Waals surface area contributed by atoms with Gasteiger partial charge in [-0.1, -0.05) is 0 Å². The van der Waals surface area contributed by atoms with E-state index < -0.39 is 21.1 Å². The Morgan fingerprint density at radius 1 is 0.818 bits per heavy atom. The molecular weight excluding hydrogens is 241 g/mol. The van der Waals surface area contributed by atoms with E-state index in [9.17, 15) is 9.13 Å². The molecule has 0 fully saturated rings. The molecule has 0 aromatic heterocycles. The average Bonchev–Trinajstić information content (AvgIpc) is 1.14. The van der Waals surface area contributed by atoms with E-state index in [1.165, 1.54) is 0 Å². The summed E-state index contributed by atoms with van der Waals surface area (Å²) in [5, 5.41) is 0. The molecule has 0 atom stereocenters. The Balaban J connectivity index is -0.000000320. The van der Waals surface area contributed by atoms with Gasteiger partial charge in [-0.05, 0) is 0 Å². The highest BCUT2D eigenvalue weighted by atomic mass is 35.5. The van der Waals surface area contributed by atoms with Crippen LogP contribution in [0.4, 0.5) is 0 Å². The van der Waals surface area contributed by atoms with Crippen LogP contribution in [0.25, 0.3) is 0 Å². The normalized spacial score (nSPS) is 11.3. The van der Waals surface area contributed by atoms with E-state index in [0.29, 0.717) is 0 Å². The Hall–Kier alpha value is 0.880. The van der Waals surface area contributed by atoms with Crippen LogP contribution in [0, 0.1) is 0 Å². The first-order chi connectivity index (χ1) is 3.71. The Labute approximate surface area is 75.1 Å². The maximum absolute atomic E-state index is 9.85. The fourth-order valence-electron chi connectivity index (χ4n) is 0.240. The van der Waals surface area contributed by atoms with Gasteiger partial charge in [0.1, 0.15) is 0 Å². The molecule has 10 heteroatoms. The second kappa shape index (κ2) is 5.51. The lowest BCUT2D eigenvalue weighted by molar-refractivity contribution is 0.357. The molecule has 0 heterocycles. The van der Waals surface area contributed by atoms with Crippen molar-refractivity contribution in [1.29, 1.82) is 0 Å². The summed E-state index contributed by atoms with van der Waals surface area (Å²) in [6.07, 6.45) is 0. The van der Waals surface area contributed by atoms with Crippen molar-refractivity contribution in [3.63, 3.8) is 0 Å². The number of rotatable bonds is 2. The highest BCUT2D eigenvalue weighted by Gasteiger charge is 2.26. The molecule has 4 N–H and O–H groups in total. The van der Waals surface area contributed by atoms with Crippen LogP contribution in [0.15, 0.2) is 0 Å². The summed E-state index contributed by atoms with van der Waals surface area (Å²) in [5.74, 6) is -1.38. The minimum absolute atomic E-state index is 0. The zero-order chi connectivity index (χ0) is 7.71. The van der Waals surface area contributed by atoms with Crippen LogP contribution >= 0.6 is 40.0 Å². The van der Waals surface area contributed by atoms with E-state index in [1.807, 2.05) is 0 Å². The van der Waals surface area contributed by atoms with Crippen LogP contribution in [-0.4, -0.2) is 25.5 Å². The van der Waals surface area contributed by atoms with Crippen molar-refractivity contribution < 1.29 is 28.7 Å². The van der Waals surface area contributed by atoms with Gasteiger partial charge in [0, 0.05) is 0 Å². The number of hydrogen-bond acceptors (Lipinski definition) is 2. The van der Waals surface area contributed by atoms with E-state index in [-0.39, 0.29) is 24.8 Å². The quantitative estimate of drug-likeness (QED) is 0.517. The van der Waals surface area contributed by atoms with E-state index in [4.69, 9.17) is 19.6 Å². The molecule has 0 saturated heterocycles. The molecule has 0 aromatic carbocycles. The maximum Gasteiger partial charge on any atom is 0.337 e. The van der Waals surface area contributed by atoms with Gasteiger partial charge in [-0.3, -0.25) is 9.13 Å². The van der Waals surface area contributed by atoms with Gasteiger partial charge in [0.2, 0.25) is 0 Å². The lowest BCUT2D eigenvalue weighted by Gasteiger charge is -2.03. The first-order valence-electron chi connectivity index (χ1n) is 1.80. The van der Waals surface area contributed by atoms with Gasteiger partial charge >= 0.3 is 15.2 Å². The maximum atomic E-state index is 9.85. The fraction of sp³-hybridized carbons (Fsp3) is 1.00.